The van der Waals surface area contributed by atoms with Crippen molar-refractivity contribution < 1.29 is 54.5 Å². The lowest BCUT2D eigenvalue weighted by Gasteiger charge is -2.25. The van der Waals surface area contributed by atoms with E-state index in [0.29, 0.717) is 63.5 Å². The van der Waals surface area contributed by atoms with Crippen molar-refractivity contribution in [3.8, 4) is 29.3 Å². The van der Waals surface area contributed by atoms with Gasteiger partial charge >= 0.3 is 30.4 Å². The van der Waals surface area contributed by atoms with Crippen molar-refractivity contribution in [1.82, 2.24) is 0 Å². The van der Waals surface area contributed by atoms with Crippen molar-refractivity contribution >= 4 is 120 Å². The minimum Gasteiger partial charge on any atom is -0.305 e. The number of hydrogen-bond acceptors (Lipinski definition) is 18. The van der Waals surface area contributed by atoms with E-state index in [1.165, 1.54) is 292 Å². The van der Waals surface area contributed by atoms with E-state index >= 15 is 9.13 Å². The second kappa shape index (κ2) is 79.3. The third-order valence-corrected chi connectivity index (χ3v) is 40.5. The molecule has 0 bridgehead atoms. The van der Waals surface area contributed by atoms with Gasteiger partial charge in [-0.1, -0.05) is 415 Å². The molecule has 0 unspecified atom stereocenters. The van der Waals surface area contributed by atoms with Gasteiger partial charge in [0.05, 0.1) is 88.7 Å². The first-order valence-corrected chi connectivity index (χ1v) is 65.5. The van der Waals surface area contributed by atoms with E-state index in [0.717, 1.165) is 188 Å². The third kappa shape index (κ3) is 53.8. The molecular formula is C110H194O12P4S6. The van der Waals surface area contributed by atoms with Crippen molar-refractivity contribution in [2.24, 2.45) is 0 Å². The standard InChI is InChI=1S/C54H94O6P2S3.C30H51O3PS2.C26H49O3PS/c1-7-11-15-19-23-27-31-35-43-57-61(55,58-44-36-32-28-24-20-16-12-8-2)51-52(54(50-42-40-48(6)64-50)65-53(51)49-41-39-47(5)63-49)62(56,59-45-37-33-29-25-21-17-13-9-3)60-46-38-34-30-26-22-18-14-10-4;1-5-7-9-11-13-15-17-19-23-32-34(31,33-24-20-18-16-14-12-10-8-6-2)28-25-27(4)36-30(28)29-22-21-26(3)35-29;1-5-7-9-11-13-15-17-19-21-28-30(27,26-23-24(3)31-25(26)4)29-22-20-18-16-14-12-10-8-6-2/h39-42H,7-38,43-46H2,1-6H3;21-22,25H,5-20,23-24H2,1-4H3;23H,5-22H2,1-4H3. The largest absolute Gasteiger partial charge is 0.363 e. The zero-order valence-electron chi connectivity index (χ0n) is 86.7. The SMILES string of the molecule is CCCCCCCCCCOP(=O)(OCCCCCCCCCC)c1c(-c2ccc(C)s2)sc(-c2ccc(C)s2)c1P(=O)(OCCCCCCCCCC)OCCCCCCCCCC.CCCCCCCCCCOP(=O)(OCCCCCCCCCC)c1cc(C)sc1-c1ccc(C)s1.CCCCCCCCCCOP(=O)(OCCCCCCCCCC)c1cc(C)sc1C. The summed E-state index contributed by atoms with van der Waals surface area (Å²) in [5.41, 5.74) is 0. The highest BCUT2D eigenvalue weighted by Gasteiger charge is 2.47. The molecule has 762 valence electrons. The molecular weight excluding hydrogens is 1830 g/mol. The number of aryl methyl sites for hydroxylation is 6. The van der Waals surface area contributed by atoms with E-state index in [4.69, 9.17) is 36.2 Å². The Kier molecular flexibility index (Phi) is 73.9. The van der Waals surface area contributed by atoms with Crippen molar-refractivity contribution in [3.05, 3.63) is 77.8 Å². The molecule has 0 fully saturated rings. The molecule has 0 aromatic carbocycles. The molecule has 0 aliphatic heterocycles. The van der Waals surface area contributed by atoms with E-state index in [1.54, 1.807) is 68.0 Å². The molecule has 0 saturated heterocycles. The first kappa shape index (κ1) is 123. The van der Waals surface area contributed by atoms with Crippen molar-refractivity contribution in [3.63, 3.8) is 0 Å². The van der Waals surface area contributed by atoms with Crippen LogP contribution in [-0.4, -0.2) is 52.9 Å². The lowest BCUT2D eigenvalue weighted by molar-refractivity contribution is 0.203. The van der Waals surface area contributed by atoms with E-state index in [2.05, 4.69) is 126 Å². The van der Waals surface area contributed by atoms with Gasteiger partial charge in [0.1, 0.15) is 0 Å². The predicted octanol–water partition coefficient (Wildman–Crippen LogP) is 40.8. The molecule has 0 aliphatic rings. The summed E-state index contributed by atoms with van der Waals surface area (Å²) in [5, 5.41) is 2.39. The highest BCUT2D eigenvalue weighted by atomic mass is 32.1. The first-order chi connectivity index (χ1) is 64.3. The van der Waals surface area contributed by atoms with Crippen LogP contribution in [0.15, 0.2) is 48.5 Å². The molecule has 12 nitrogen and oxygen atoms in total. The second-order valence-corrected chi connectivity index (χ2v) is 53.0. The van der Waals surface area contributed by atoms with Gasteiger partial charge in [-0.2, -0.15) is 0 Å². The normalized spacial score (nSPS) is 12.1. The van der Waals surface area contributed by atoms with Crippen molar-refractivity contribution in [2.75, 3.05) is 52.9 Å². The average Bonchev–Trinajstić information content (AvgIpc) is 1.57. The summed E-state index contributed by atoms with van der Waals surface area (Å²) in [7, 11) is -14.7. The Hall–Kier alpha value is -1.20. The molecule has 0 radical (unpaired) electrons. The maximum atomic E-state index is 16.1. The van der Waals surface area contributed by atoms with Gasteiger partial charge in [0.2, 0.25) is 0 Å². The topological polar surface area (TPSA) is 142 Å². The summed E-state index contributed by atoms with van der Waals surface area (Å²) in [6.07, 6.45) is 76.7. The van der Waals surface area contributed by atoms with Crippen LogP contribution >= 0.6 is 98.4 Å². The number of unbranched alkanes of at least 4 members (excludes halogenated alkanes) is 56. The summed E-state index contributed by atoms with van der Waals surface area (Å²) >= 11 is 10.0. The minimum absolute atomic E-state index is 0.317. The Morgan fingerprint density at radius 1 is 0.189 bits per heavy atom. The zero-order valence-corrected chi connectivity index (χ0v) is 95.1. The maximum absolute atomic E-state index is 16.1. The minimum atomic E-state index is -4.07. The molecule has 6 heterocycles. The van der Waals surface area contributed by atoms with Crippen molar-refractivity contribution in [2.45, 2.75) is 508 Å². The van der Waals surface area contributed by atoms with Gasteiger partial charge < -0.3 is 36.2 Å². The Balaban J connectivity index is 0.000000457. The molecule has 22 heteroatoms. The van der Waals surface area contributed by atoms with Crippen LogP contribution in [0.1, 0.15) is 496 Å². The fraction of sp³-hybridized carbons (Fsp3) is 0.782. The fourth-order valence-electron chi connectivity index (χ4n) is 16.7. The Labute approximate surface area is 835 Å². The quantitative estimate of drug-likeness (QED) is 0.0265. The maximum Gasteiger partial charge on any atom is 0.363 e. The lowest BCUT2D eigenvalue weighted by atomic mass is 10.1. The molecule has 0 amide bonds. The molecule has 132 heavy (non-hydrogen) atoms. The van der Waals surface area contributed by atoms with Gasteiger partial charge in [0.25, 0.3) is 0 Å². The van der Waals surface area contributed by atoms with E-state index < -0.39 is 30.4 Å². The molecule has 0 saturated carbocycles. The van der Waals surface area contributed by atoms with Crippen LogP contribution in [0, 0.1) is 41.5 Å². The van der Waals surface area contributed by atoms with Gasteiger partial charge in [-0.05, 0) is 141 Å². The van der Waals surface area contributed by atoms with Crippen molar-refractivity contribution in [1.29, 1.82) is 0 Å². The summed E-state index contributed by atoms with van der Waals surface area (Å²) in [4.78, 5) is 12.7. The number of thiophene rings is 6. The first-order valence-electron chi connectivity index (χ1n) is 54.4. The van der Waals surface area contributed by atoms with Crippen LogP contribution in [-0.2, 0) is 54.5 Å². The van der Waals surface area contributed by atoms with Crippen LogP contribution in [0.4, 0.5) is 0 Å². The predicted molar refractivity (Wildman–Crippen MR) is 589 cm³/mol. The van der Waals surface area contributed by atoms with Gasteiger partial charge in [0, 0.05) is 43.9 Å². The van der Waals surface area contributed by atoms with Crippen LogP contribution in [0.5, 0.6) is 0 Å². The monoisotopic (exact) mass is 2020 g/mol. The van der Waals surface area contributed by atoms with Gasteiger partial charge in [-0.15, -0.1) is 68.0 Å². The average molecular weight is 2030 g/mol. The van der Waals surface area contributed by atoms with Crippen LogP contribution in [0.25, 0.3) is 29.3 Å². The van der Waals surface area contributed by atoms with Crippen LogP contribution in [0.2, 0.25) is 0 Å². The van der Waals surface area contributed by atoms with Crippen LogP contribution in [0.3, 0.4) is 0 Å². The lowest BCUT2D eigenvalue weighted by Crippen LogP contribution is -2.29. The fourth-order valence-corrected chi connectivity index (χ4v) is 33.0. The highest BCUT2D eigenvalue weighted by molar-refractivity contribution is 7.71. The van der Waals surface area contributed by atoms with Gasteiger partial charge in [0.15, 0.2) is 0 Å². The van der Waals surface area contributed by atoms with Gasteiger partial charge in [-0.3, -0.25) is 18.3 Å². The smallest absolute Gasteiger partial charge is 0.305 e. The summed E-state index contributed by atoms with van der Waals surface area (Å²) in [5.74, 6) is 0. The van der Waals surface area contributed by atoms with E-state index in [1.807, 2.05) is 19.1 Å². The van der Waals surface area contributed by atoms with Gasteiger partial charge in [-0.25, -0.2) is 0 Å². The van der Waals surface area contributed by atoms with E-state index in [-0.39, 0.29) is 0 Å². The number of hydrogen-bond donors (Lipinski definition) is 0. The highest BCUT2D eigenvalue weighted by Crippen LogP contribution is 2.61. The molecule has 6 aromatic rings. The third-order valence-electron chi connectivity index (χ3n) is 24.8. The molecule has 6 rings (SSSR count). The molecule has 0 spiro atoms. The molecule has 6 aromatic heterocycles. The Morgan fingerprint density at radius 3 is 0.568 bits per heavy atom. The van der Waals surface area contributed by atoms with Crippen LogP contribution < -0.4 is 21.2 Å². The Morgan fingerprint density at radius 2 is 0.371 bits per heavy atom. The van der Waals surface area contributed by atoms with E-state index in [9.17, 15) is 9.13 Å². The second-order valence-electron chi connectivity index (χ2n) is 37.5. The summed E-state index contributed by atoms with van der Waals surface area (Å²) in [6.45, 7) is 33.9. The molecule has 0 N–H and O–H groups in total. The zero-order chi connectivity index (χ0) is 95.7. The molecule has 0 atom stereocenters. The summed E-state index contributed by atoms with van der Waals surface area (Å²) in [6, 6.07) is 16.8. The molecule has 0 aliphatic carbocycles. The number of rotatable bonds is 87. The summed E-state index contributed by atoms with van der Waals surface area (Å²) < 4.78 is 111. The Bertz CT molecular complexity index is 3700.